The number of phenols is 1. The number of nitrogens with one attached hydrogen (secondary N) is 1. The predicted molar refractivity (Wildman–Crippen MR) is 82.3 cm³/mol. The van der Waals surface area contributed by atoms with Gasteiger partial charge >= 0.3 is 0 Å². The number of hydrogen-bond acceptors (Lipinski definition) is 4. The van der Waals surface area contributed by atoms with Gasteiger partial charge in [-0.2, -0.15) is 0 Å². The molecule has 1 heterocycles. The van der Waals surface area contributed by atoms with Gasteiger partial charge in [-0.1, -0.05) is 0 Å². The van der Waals surface area contributed by atoms with E-state index in [1.54, 1.807) is 0 Å². The van der Waals surface area contributed by atoms with Crippen LogP contribution in [0.1, 0.15) is 11.6 Å². The Morgan fingerprint density at radius 3 is 2.32 bits per heavy atom. The molecule has 0 amide bonds. The van der Waals surface area contributed by atoms with Gasteiger partial charge in [0.15, 0.2) is 11.5 Å². The van der Waals surface area contributed by atoms with E-state index >= 15 is 0 Å². The lowest BCUT2D eigenvalue weighted by Crippen LogP contribution is -2.46. The molecule has 0 aromatic heterocycles. The Hall–Kier alpha value is -0.890. The second kappa shape index (κ2) is 9.29. The Balaban J connectivity index is 0.00000220. The number of halogens is 5. The van der Waals surface area contributed by atoms with Crippen molar-refractivity contribution in [2.75, 3.05) is 33.3 Å². The van der Waals surface area contributed by atoms with Crippen molar-refractivity contribution in [1.82, 2.24) is 10.2 Å². The van der Waals surface area contributed by atoms with Crippen molar-refractivity contribution >= 4 is 24.8 Å². The summed E-state index contributed by atoms with van der Waals surface area (Å²) in [6.07, 6.45) is -2.73. The Kier molecular flexibility index (Phi) is 8.92. The van der Waals surface area contributed by atoms with Gasteiger partial charge in [0.2, 0.25) is 0 Å². The summed E-state index contributed by atoms with van der Waals surface area (Å²) >= 11 is 0. The lowest BCUT2D eigenvalue weighted by molar-refractivity contribution is 0.0167. The van der Waals surface area contributed by atoms with Crippen LogP contribution in [0.15, 0.2) is 12.1 Å². The molecular formula is C13H19Cl2F3N2O2. The maximum Gasteiger partial charge on any atom is 0.258 e. The molecule has 1 atom stereocenters. The molecule has 0 saturated carbocycles. The molecule has 0 bridgehead atoms. The Bertz CT molecular complexity index is 475. The second-order valence-corrected chi connectivity index (χ2v) is 4.61. The summed E-state index contributed by atoms with van der Waals surface area (Å²) in [5, 5.41) is 13.1. The van der Waals surface area contributed by atoms with Crippen molar-refractivity contribution in [3.63, 3.8) is 0 Å². The van der Waals surface area contributed by atoms with E-state index in [0.717, 1.165) is 12.1 Å². The summed E-state index contributed by atoms with van der Waals surface area (Å²) < 4.78 is 45.1. The van der Waals surface area contributed by atoms with Crippen molar-refractivity contribution < 1.29 is 23.0 Å². The van der Waals surface area contributed by atoms with E-state index in [0.29, 0.717) is 26.2 Å². The van der Waals surface area contributed by atoms with E-state index in [9.17, 15) is 18.3 Å². The van der Waals surface area contributed by atoms with Crippen LogP contribution in [0.25, 0.3) is 0 Å². The number of methoxy groups -OCH3 is 1. The normalized spacial score (nSPS) is 16.6. The van der Waals surface area contributed by atoms with Crippen LogP contribution >= 0.6 is 24.8 Å². The number of ether oxygens (including phenoxy) is 1. The van der Waals surface area contributed by atoms with E-state index in [1.807, 2.05) is 0 Å². The SMILES string of the molecule is COc1cc(F)cc([C@@H](C(F)F)N2CCNCC2)c1O.Cl.Cl. The highest BCUT2D eigenvalue weighted by Crippen LogP contribution is 2.39. The summed E-state index contributed by atoms with van der Waals surface area (Å²) in [4.78, 5) is 1.54. The minimum atomic E-state index is -2.73. The van der Waals surface area contributed by atoms with Crippen molar-refractivity contribution in [3.8, 4) is 11.5 Å². The fourth-order valence-electron chi connectivity index (χ4n) is 2.43. The van der Waals surface area contributed by atoms with Crippen LogP contribution in [0.5, 0.6) is 11.5 Å². The largest absolute Gasteiger partial charge is 0.504 e. The molecule has 4 nitrogen and oxygen atoms in total. The smallest absolute Gasteiger partial charge is 0.258 e. The molecule has 9 heteroatoms. The van der Waals surface area contributed by atoms with Crippen LogP contribution < -0.4 is 10.1 Å². The van der Waals surface area contributed by atoms with Gasteiger partial charge < -0.3 is 15.2 Å². The van der Waals surface area contributed by atoms with Crippen LogP contribution in [0.4, 0.5) is 13.2 Å². The van der Waals surface area contributed by atoms with Crippen LogP contribution in [0.2, 0.25) is 0 Å². The van der Waals surface area contributed by atoms with Gasteiger partial charge in [0, 0.05) is 37.8 Å². The van der Waals surface area contributed by atoms with Crippen molar-refractivity contribution in [2.45, 2.75) is 12.5 Å². The monoisotopic (exact) mass is 362 g/mol. The number of benzene rings is 1. The third-order valence-electron chi connectivity index (χ3n) is 3.39. The standard InChI is InChI=1S/C13H17F3N2O2.2ClH/c1-20-10-7-8(14)6-9(12(10)19)11(13(15)16)18-4-2-17-3-5-18;;/h6-7,11,13,17,19H,2-5H2,1H3;2*1H/t11-;;/m0../s1. The summed E-state index contributed by atoms with van der Waals surface area (Å²) in [6, 6.07) is 0.567. The van der Waals surface area contributed by atoms with Gasteiger partial charge in [0.1, 0.15) is 11.9 Å². The molecule has 1 aliphatic rings. The molecule has 1 aliphatic heterocycles. The number of phenolic OH excluding ortho intramolecular Hbond substituents is 1. The maximum atomic E-state index is 13.5. The van der Waals surface area contributed by atoms with Crippen LogP contribution in [-0.4, -0.2) is 49.7 Å². The minimum absolute atomic E-state index is 0. The van der Waals surface area contributed by atoms with Crippen LogP contribution in [-0.2, 0) is 0 Å². The van der Waals surface area contributed by atoms with Gasteiger partial charge in [-0.3, -0.25) is 4.90 Å². The molecule has 0 unspecified atom stereocenters. The van der Waals surface area contributed by atoms with E-state index in [1.165, 1.54) is 12.0 Å². The first-order valence-electron chi connectivity index (χ1n) is 6.34. The number of hydrogen-bond donors (Lipinski definition) is 2. The van der Waals surface area contributed by atoms with E-state index in [2.05, 4.69) is 5.32 Å². The number of piperazine rings is 1. The first-order chi connectivity index (χ1) is 9.54. The second-order valence-electron chi connectivity index (χ2n) is 4.61. The summed E-state index contributed by atoms with van der Waals surface area (Å²) in [6.45, 7) is 1.98. The maximum absolute atomic E-state index is 13.5. The average Bonchev–Trinajstić information content (AvgIpc) is 2.43. The third kappa shape index (κ3) is 4.55. The van der Waals surface area contributed by atoms with Crippen molar-refractivity contribution in [1.29, 1.82) is 0 Å². The zero-order valence-corrected chi connectivity index (χ0v) is 13.5. The Morgan fingerprint density at radius 2 is 1.82 bits per heavy atom. The number of aromatic hydroxyl groups is 1. The molecule has 22 heavy (non-hydrogen) atoms. The molecule has 1 fully saturated rings. The molecule has 0 aliphatic carbocycles. The lowest BCUT2D eigenvalue weighted by atomic mass is 10.0. The number of rotatable bonds is 4. The first kappa shape index (κ1) is 21.1. The quantitative estimate of drug-likeness (QED) is 0.863. The highest BCUT2D eigenvalue weighted by atomic mass is 35.5. The summed E-state index contributed by atoms with van der Waals surface area (Å²) in [5.74, 6) is -1.28. The molecule has 2 N–H and O–H groups in total. The fourth-order valence-corrected chi connectivity index (χ4v) is 2.43. The number of nitrogens with zero attached hydrogens (tertiary/aromatic N) is 1. The van der Waals surface area contributed by atoms with E-state index in [-0.39, 0.29) is 36.1 Å². The third-order valence-corrected chi connectivity index (χ3v) is 3.39. The molecule has 128 valence electrons. The van der Waals surface area contributed by atoms with Gasteiger partial charge in [0.25, 0.3) is 6.43 Å². The average molecular weight is 363 g/mol. The molecule has 2 rings (SSSR count). The van der Waals surface area contributed by atoms with Crippen molar-refractivity contribution in [3.05, 3.63) is 23.5 Å². The van der Waals surface area contributed by atoms with Gasteiger partial charge in [-0.15, -0.1) is 24.8 Å². The minimum Gasteiger partial charge on any atom is -0.504 e. The van der Waals surface area contributed by atoms with E-state index in [4.69, 9.17) is 4.74 Å². The van der Waals surface area contributed by atoms with Crippen LogP contribution in [0, 0.1) is 5.82 Å². The molecule has 1 saturated heterocycles. The molecule has 0 spiro atoms. The first-order valence-corrected chi connectivity index (χ1v) is 6.34. The van der Waals surface area contributed by atoms with E-state index < -0.39 is 24.0 Å². The lowest BCUT2D eigenvalue weighted by Gasteiger charge is -2.35. The summed E-state index contributed by atoms with van der Waals surface area (Å²) in [7, 11) is 1.25. The fraction of sp³-hybridized carbons (Fsp3) is 0.538. The Morgan fingerprint density at radius 1 is 1.23 bits per heavy atom. The molecule has 1 aromatic rings. The van der Waals surface area contributed by atoms with Crippen molar-refractivity contribution in [2.24, 2.45) is 0 Å². The zero-order chi connectivity index (χ0) is 14.7. The molecular weight excluding hydrogens is 344 g/mol. The highest BCUT2D eigenvalue weighted by molar-refractivity contribution is 5.85. The van der Waals surface area contributed by atoms with Gasteiger partial charge in [-0.05, 0) is 6.07 Å². The highest BCUT2D eigenvalue weighted by Gasteiger charge is 2.33. The zero-order valence-electron chi connectivity index (χ0n) is 11.9. The van der Waals surface area contributed by atoms with Gasteiger partial charge in [0.05, 0.1) is 7.11 Å². The Labute approximate surface area is 139 Å². The number of alkyl halides is 2. The molecule has 1 aromatic carbocycles. The summed E-state index contributed by atoms with van der Waals surface area (Å²) in [5.41, 5.74) is -0.140. The molecule has 0 radical (unpaired) electrons. The van der Waals surface area contributed by atoms with Gasteiger partial charge in [-0.25, -0.2) is 13.2 Å². The predicted octanol–water partition coefficient (Wildman–Crippen LogP) is 2.59. The van der Waals surface area contributed by atoms with Crippen LogP contribution in [0.3, 0.4) is 0 Å². The topological polar surface area (TPSA) is 44.7 Å².